The van der Waals surface area contributed by atoms with Gasteiger partial charge in [0.15, 0.2) is 0 Å². The molecule has 2 unspecified atom stereocenters. The van der Waals surface area contributed by atoms with Crippen molar-refractivity contribution in [2.24, 2.45) is 10.2 Å². The Kier molecular flexibility index (Phi) is 10.2. The van der Waals surface area contributed by atoms with E-state index in [2.05, 4.69) is 52.2 Å². The van der Waals surface area contributed by atoms with Crippen LogP contribution >= 0.6 is 23.5 Å². The first kappa shape index (κ1) is 37.7. The van der Waals surface area contributed by atoms with E-state index in [1.807, 2.05) is 114 Å². The van der Waals surface area contributed by atoms with E-state index in [1.165, 1.54) is 35.2 Å². The van der Waals surface area contributed by atoms with Gasteiger partial charge in [0.05, 0.1) is 24.5 Å². The second-order valence-corrected chi connectivity index (χ2v) is 16.2. The number of nitrogens with zero attached hydrogens (tertiary/aromatic N) is 4. The van der Waals surface area contributed by atoms with Crippen molar-refractivity contribution in [3.8, 4) is 0 Å². The van der Waals surface area contributed by atoms with Crippen LogP contribution in [0.15, 0.2) is 168 Å². The lowest BCUT2D eigenvalue weighted by molar-refractivity contribution is -0.121. The Morgan fingerprint density at radius 2 is 1.00 bits per heavy atom. The number of hydrogen-bond acceptors (Lipinski definition) is 8. The van der Waals surface area contributed by atoms with E-state index in [0.717, 1.165) is 49.3 Å². The van der Waals surface area contributed by atoms with Crippen LogP contribution in [0.25, 0.3) is 0 Å². The van der Waals surface area contributed by atoms with Gasteiger partial charge in [-0.25, -0.2) is 4.39 Å². The van der Waals surface area contributed by atoms with Gasteiger partial charge in [0.25, 0.3) is 11.8 Å². The van der Waals surface area contributed by atoms with Gasteiger partial charge >= 0.3 is 0 Å². The fourth-order valence-electron chi connectivity index (χ4n) is 7.29. The number of carbonyl (C=O) groups is 2. The van der Waals surface area contributed by atoms with Crippen LogP contribution in [0.3, 0.4) is 0 Å². The second kappa shape index (κ2) is 15.4. The number of thioether (sulfide) groups is 2. The highest BCUT2D eigenvalue weighted by Gasteiger charge is 2.56. The monoisotopic (exact) mass is 790 g/mol. The van der Waals surface area contributed by atoms with Gasteiger partial charge in [-0.3, -0.25) is 20.4 Å². The van der Waals surface area contributed by atoms with Gasteiger partial charge in [-0.2, -0.15) is 10.2 Å². The Morgan fingerprint density at radius 1 is 0.561 bits per heavy atom. The lowest BCUT2D eigenvalue weighted by Gasteiger charge is -2.23. The average molecular weight is 791 g/mol. The third-order valence-electron chi connectivity index (χ3n) is 10.2. The van der Waals surface area contributed by atoms with Crippen LogP contribution in [-0.2, 0) is 32.4 Å². The normalized spacial score (nSPS) is 19.9. The first-order valence-electron chi connectivity index (χ1n) is 18.2. The molecule has 6 aromatic rings. The van der Waals surface area contributed by atoms with Crippen molar-refractivity contribution in [1.82, 2.24) is 10.9 Å². The molecule has 4 aliphatic rings. The van der Waals surface area contributed by atoms with E-state index in [4.69, 9.17) is 0 Å². The molecule has 6 aromatic carbocycles. The summed E-state index contributed by atoms with van der Waals surface area (Å²) in [5.74, 6) is -0.437. The summed E-state index contributed by atoms with van der Waals surface area (Å²) in [6, 6.07) is 50.2. The SMILES string of the molecule is C.Cc1ccc(CN2C(=O)C3(NN=C(c4ccccc4)S3)c3ccccc32)cc1.O=C1N(Cc2ccccc2F)c2ccccc2C12NN=C(c1ccccc1)S2. The number of fused-ring (bicyclic) bond motifs is 4. The standard InChI is InChI=1S/C23H19N3OS.C22H16FN3OS.CH4/c1-16-11-13-17(14-12-16)15-26-20-10-6-5-9-19(20)23(22(26)27)25-24-21(28-23)18-7-3-2-4-8-18;23-18-12-6-4-10-16(18)14-26-19-13-7-5-11-17(19)22(21(26)27)25-24-20(28-22)15-8-2-1-3-9-15;/h2-14,25H,15H2,1H3;1-13,25H,14H2;1H4. The molecule has 0 fully saturated rings. The van der Waals surface area contributed by atoms with Crippen LogP contribution in [0.2, 0.25) is 0 Å². The number of nitrogens with one attached hydrogen (secondary N) is 2. The fraction of sp³-hybridized carbons (Fsp3) is 0.130. The molecule has 10 rings (SSSR count). The average Bonchev–Trinajstić information content (AvgIpc) is 4.00. The van der Waals surface area contributed by atoms with Gasteiger partial charge in [0.2, 0.25) is 9.74 Å². The number of hydrogen-bond donors (Lipinski definition) is 2. The topological polar surface area (TPSA) is 89.4 Å². The molecule has 0 bridgehead atoms. The summed E-state index contributed by atoms with van der Waals surface area (Å²) in [6.07, 6.45) is 0. The molecule has 0 saturated heterocycles. The van der Waals surface area contributed by atoms with Gasteiger partial charge in [0, 0.05) is 27.8 Å². The maximum atomic E-state index is 14.2. The molecule has 8 nitrogen and oxygen atoms in total. The Balaban J connectivity index is 0.000000157. The second-order valence-electron chi connectivity index (χ2n) is 13.7. The van der Waals surface area contributed by atoms with Gasteiger partial charge < -0.3 is 9.80 Å². The van der Waals surface area contributed by atoms with Crippen molar-refractivity contribution in [2.45, 2.75) is 37.2 Å². The van der Waals surface area contributed by atoms with E-state index in [-0.39, 0.29) is 31.6 Å². The summed E-state index contributed by atoms with van der Waals surface area (Å²) in [5.41, 5.74) is 14.5. The van der Waals surface area contributed by atoms with Crippen LogP contribution in [-0.4, -0.2) is 21.9 Å². The minimum absolute atomic E-state index is 0. The number of halogens is 1. The first-order chi connectivity index (χ1) is 27.4. The first-order valence-corrected chi connectivity index (χ1v) is 19.8. The molecule has 284 valence electrons. The van der Waals surface area contributed by atoms with Crippen molar-refractivity contribution in [1.29, 1.82) is 0 Å². The quantitative estimate of drug-likeness (QED) is 0.175. The van der Waals surface area contributed by atoms with E-state index in [1.54, 1.807) is 23.1 Å². The van der Waals surface area contributed by atoms with Gasteiger partial charge in [0.1, 0.15) is 15.9 Å². The van der Waals surface area contributed by atoms with E-state index in [0.29, 0.717) is 12.1 Å². The summed E-state index contributed by atoms with van der Waals surface area (Å²) in [7, 11) is 0. The molecule has 2 amide bonds. The number of hydrazone groups is 2. The maximum absolute atomic E-state index is 14.2. The van der Waals surface area contributed by atoms with Crippen LogP contribution in [0.1, 0.15) is 46.4 Å². The third-order valence-corrected chi connectivity index (χ3v) is 12.8. The molecule has 0 aliphatic carbocycles. The Labute approximate surface area is 339 Å². The van der Waals surface area contributed by atoms with E-state index >= 15 is 0 Å². The number of aryl methyl sites for hydroxylation is 1. The largest absolute Gasteiger partial charge is 0.304 e. The molecule has 0 saturated carbocycles. The highest BCUT2D eigenvalue weighted by Crippen LogP contribution is 2.52. The highest BCUT2D eigenvalue weighted by molar-refractivity contribution is 8.16. The van der Waals surface area contributed by atoms with Crippen LogP contribution in [0.5, 0.6) is 0 Å². The van der Waals surface area contributed by atoms with Crippen LogP contribution < -0.4 is 20.7 Å². The minimum atomic E-state index is -1.02. The Morgan fingerprint density at radius 3 is 1.51 bits per heavy atom. The van der Waals surface area contributed by atoms with Gasteiger partial charge in [-0.05, 0) is 30.7 Å². The Bertz CT molecular complexity index is 2530. The number of anilines is 2. The van der Waals surface area contributed by atoms with Crippen molar-refractivity contribution < 1.29 is 14.0 Å². The highest BCUT2D eigenvalue weighted by atomic mass is 32.2. The molecule has 2 spiro atoms. The summed E-state index contributed by atoms with van der Waals surface area (Å²) in [4.78, 5) is 28.7. The zero-order chi connectivity index (χ0) is 38.3. The number of para-hydroxylation sites is 2. The summed E-state index contributed by atoms with van der Waals surface area (Å²) in [6.45, 7) is 2.78. The molecule has 57 heavy (non-hydrogen) atoms. The lowest BCUT2D eigenvalue weighted by Crippen LogP contribution is -2.44. The zero-order valence-corrected chi connectivity index (χ0v) is 31.9. The molecular weight excluding hydrogens is 752 g/mol. The number of rotatable bonds is 6. The lowest BCUT2D eigenvalue weighted by atomic mass is 10.1. The molecule has 0 radical (unpaired) electrons. The molecule has 4 heterocycles. The van der Waals surface area contributed by atoms with Gasteiger partial charge in [-0.1, -0.05) is 176 Å². The molecule has 2 N–H and O–H groups in total. The molecule has 0 aromatic heterocycles. The van der Waals surface area contributed by atoms with Crippen molar-refractivity contribution in [3.05, 3.63) is 202 Å². The predicted molar refractivity (Wildman–Crippen MR) is 230 cm³/mol. The van der Waals surface area contributed by atoms with Crippen molar-refractivity contribution in [3.63, 3.8) is 0 Å². The van der Waals surface area contributed by atoms with E-state index < -0.39 is 9.74 Å². The predicted octanol–water partition coefficient (Wildman–Crippen LogP) is 9.25. The van der Waals surface area contributed by atoms with Crippen molar-refractivity contribution >= 4 is 56.8 Å². The molecule has 2 atom stereocenters. The number of benzene rings is 6. The molecule has 11 heteroatoms. The fourth-order valence-corrected chi connectivity index (χ4v) is 9.71. The maximum Gasteiger partial charge on any atom is 0.270 e. The third kappa shape index (κ3) is 6.66. The van der Waals surface area contributed by atoms with Crippen LogP contribution in [0, 0.1) is 12.7 Å². The molecular formula is C46H39FN6O2S2. The van der Waals surface area contributed by atoms with Gasteiger partial charge in [-0.15, -0.1) is 0 Å². The minimum Gasteiger partial charge on any atom is -0.304 e. The molecule has 4 aliphatic heterocycles. The van der Waals surface area contributed by atoms with Crippen LogP contribution in [0.4, 0.5) is 15.8 Å². The Hall–Kier alpha value is -6.17. The number of carbonyl (C=O) groups excluding carboxylic acids is 2. The van der Waals surface area contributed by atoms with Crippen molar-refractivity contribution in [2.75, 3.05) is 9.80 Å². The summed E-state index contributed by atoms with van der Waals surface area (Å²) < 4.78 is 14.2. The zero-order valence-electron chi connectivity index (χ0n) is 30.2. The summed E-state index contributed by atoms with van der Waals surface area (Å²) in [5, 5.41) is 10.6. The van der Waals surface area contributed by atoms with E-state index in [9.17, 15) is 14.0 Å². The summed E-state index contributed by atoms with van der Waals surface area (Å²) >= 11 is 2.89. The smallest absolute Gasteiger partial charge is 0.270 e. The number of amides is 2.